The van der Waals surface area contributed by atoms with E-state index in [1.54, 1.807) is 18.2 Å². The fourth-order valence-corrected chi connectivity index (χ4v) is 1.41. The van der Waals surface area contributed by atoms with Gasteiger partial charge < -0.3 is 4.74 Å². The van der Waals surface area contributed by atoms with E-state index in [0.717, 1.165) is 0 Å². The van der Waals surface area contributed by atoms with Crippen LogP contribution >= 0.6 is 11.6 Å². The third-order valence-corrected chi connectivity index (χ3v) is 2.13. The highest BCUT2D eigenvalue weighted by Gasteiger charge is 2.05. The van der Waals surface area contributed by atoms with E-state index < -0.39 is 5.82 Å². The molecule has 0 saturated carbocycles. The first kappa shape index (κ1) is 9.21. The van der Waals surface area contributed by atoms with E-state index in [2.05, 4.69) is 4.98 Å². The molecule has 0 aliphatic heterocycles. The zero-order valence-electron chi connectivity index (χ0n) is 7.42. The predicted molar refractivity (Wildman–Crippen MR) is 53.3 cm³/mol. The van der Waals surface area contributed by atoms with Crippen molar-refractivity contribution >= 4 is 22.5 Å². The summed E-state index contributed by atoms with van der Waals surface area (Å²) in [6.07, 6.45) is 0. The number of fused-ring (bicyclic) bond motifs is 1. The maximum atomic E-state index is 13.4. The molecule has 0 bridgehead atoms. The largest absolute Gasteiger partial charge is 0.497 e. The average Bonchev–Trinajstić information content (AvgIpc) is 2.19. The summed E-state index contributed by atoms with van der Waals surface area (Å²) in [6, 6.07) is 6.31. The SMILES string of the molecule is COc1cc(F)c2nc(Cl)ccc2c1. The molecule has 0 aliphatic carbocycles. The van der Waals surface area contributed by atoms with Crippen LogP contribution in [0.5, 0.6) is 5.75 Å². The molecule has 0 spiro atoms. The number of nitrogens with zero attached hydrogens (tertiary/aromatic N) is 1. The molecule has 2 rings (SSSR count). The van der Waals surface area contributed by atoms with Crippen LogP contribution in [0, 0.1) is 5.82 Å². The minimum Gasteiger partial charge on any atom is -0.497 e. The number of methoxy groups -OCH3 is 1. The highest BCUT2D eigenvalue weighted by Crippen LogP contribution is 2.24. The molecule has 1 aromatic heterocycles. The van der Waals surface area contributed by atoms with Crippen LogP contribution in [0.25, 0.3) is 10.9 Å². The second-order valence-corrected chi connectivity index (χ2v) is 3.20. The van der Waals surface area contributed by atoms with Crippen LogP contribution in [-0.2, 0) is 0 Å². The summed E-state index contributed by atoms with van der Waals surface area (Å²) in [7, 11) is 1.49. The summed E-state index contributed by atoms with van der Waals surface area (Å²) < 4.78 is 18.3. The second-order valence-electron chi connectivity index (χ2n) is 2.81. The first-order valence-corrected chi connectivity index (χ1v) is 4.38. The van der Waals surface area contributed by atoms with Crippen LogP contribution in [-0.4, -0.2) is 12.1 Å². The van der Waals surface area contributed by atoms with Gasteiger partial charge in [0, 0.05) is 11.5 Å². The quantitative estimate of drug-likeness (QED) is 0.677. The van der Waals surface area contributed by atoms with E-state index in [1.165, 1.54) is 13.2 Å². The van der Waals surface area contributed by atoms with Crippen LogP contribution in [0.2, 0.25) is 5.15 Å². The number of benzene rings is 1. The predicted octanol–water partition coefficient (Wildman–Crippen LogP) is 3.04. The Labute approximate surface area is 85.3 Å². The Bertz CT molecular complexity index is 487. The molecule has 0 amide bonds. The molecule has 1 aromatic carbocycles. The van der Waals surface area contributed by atoms with E-state index in [1.807, 2.05) is 0 Å². The maximum absolute atomic E-state index is 13.4. The number of pyridine rings is 1. The average molecular weight is 212 g/mol. The summed E-state index contributed by atoms with van der Waals surface area (Å²) >= 11 is 5.66. The number of halogens is 2. The molecular weight excluding hydrogens is 205 g/mol. The van der Waals surface area contributed by atoms with Crippen molar-refractivity contribution in [2.24, 2.45) is 0 Å². The molecule has 0 radical (unpaired) electrons. The lowest BCUT2D eigenvalue weighted by atomic mass is 10.2. The number of aromatic nitrogens is 1. The van der Waals surface area contributed by atoms with Crippen molar-refractivity contribution in [2.75, 3.05) is 7.11 Å². The zero-order valence-corrected chi connectivity index (χ0v) is 8.18. The lowest BCUT2D eigenvalue weighted by Gasteiger charge is -2.03. The molecule has 1 heterocycles. The van der Waals surface area contributed by atoms with Crippen LogP contribution in [0.1, 0.15) is 0 Å². The van der Waals surface area contributed by atoms with E-state index >= 15 is 0 Å². The maximum Gasteiger partial charge on any atom is 0.153 e. The normalized spacial score (nSPS) is 10.5. The van der Waals surface area contributed by atoms with Crippen molar-refractivity contribution < 1.29 is 9.13 Å². The van der Waals surface area contributed by atoms with Gasteiger partial charge in [-0.2, -0.15) is 0 Å². The third-order valence-electron chi connectivity index (χ3n) is 1.92. The van der Waals surface area contributed by atoms with Gasteiger partial charge in [0.1, 0.15) is 16.4 Å². The molecule has 0 atom stereocenters. The van der Waals surface area contributed by atoms with Gasteiger partial charge in [-0.25, -0.2) is 9.37 Å². The van der Waals surface area contributed by atoms with Gasteiger partial charge in [-0.3, -0.25) is 0 Å². The molecule has 0 fully saturated rings. The molecule has 0 unspecified atom stereocenters. The van der Waals surface area contributed by atoms with Gasteiger partial charge in [0.15, 0.2) is 5.82 Å². The van der Waals surface area contributed by atoms with Crippen LogP contribution in [0.4, 0.5) is 4.39 Å². The molecule has 0 aliphatic rings. The topological polar surface area (TPSA) is 22.1 Å². The van der Waals surface area contributed by atoms with Crippen molar-refractivity contribution in [3.8, 4) is 5.75 Å². The van der Waals surface area contributed by atoms with Gasteiger partial charge in [-0.1, -0.05) is 11.6 Å². The van der Waals surface area contributed by atoms with Gasteiger partial charge in [-0.05, 0) is 18.2 Å². The molecule has 0 N–H and O–H groups in total. The number of rotatable bonds is 1. The monoisotopic (exact) mass is 211 g/mol. The number of hydrogen-bond acceptors (Lipinski definition) is 2. The van der Waals surface area contributed by atoms with Crippen molar-refractivity contribution in [1.29, 1.82) is 0 Å². The third kappa shape index (κ3) is 1.51. The van der Waals surface area contributed by atoms with Crippen molar-refractivity contribution in [2.45, 2.75) is 0 Å². The molecule has 2 aromatic rings. The Morgan fingerprint density at radius 3 is 2.86 bits per heavy atom. The molecule has 4 heteroatoms. The number of hydrogen-bond donors (Lipinski definition) is 0. The van der Waals surface area contributed by atoms with Gasteiger partial charge in [0.2, 0.25) is 0 Å². The van der Waals surface area contributed by atoms with Crippen molar-refractivity contribution in [1.82, 2.24) is 4.98 Å². The summed E-state index contributed by atoms with van der Waals surface area (Å²) in [5.74, 6) is 0.0426. The number of ether oxygens (including phenoxy) is 1. The summed E-state index contributed by atoms with van der Waals surface area (Å²) in [5, 5.41) is 0.952. The minimum atomic E-state index is -0.429. The highest BCUT2D eigenvalue weighted by molar-refractivity contribution is 6.29. The van der Waals surface area contributed by atoms with Crippen molar-refractivity contribution in [3.63, 3.8) is 0 Å². The molecule has 72 valence electrons. The van der Waals surface area contributed by atoms with Gasteiger partial charge in [0.05, 0.1) is 7.11 Å². The summed E-state index contributed by atoms with van der Waals surface area (Å²) in [5.41, 5.74) is 0.262. The van der Waals surface area contributed by atoms with Gasteiger partial charge >= 0.3 is 0 Å². The van der Waals surface area contributed by atoms with E-state index in [4.69, 9.17) is 16.3 Å². The first-order chi connectivity index (χ1) is 6.70. The zero-order chi connectivity index (χ0) is 10.1. The van der Waals surface area contributed by atoms with Gasteiger partial charge in [0.25, 0.3) is 0 Å². The van der Waals surface area contributed by atoms with Crippen LogP contribution in [0.3, 0.4) is 0 Å². The Balaban J connectivity index is 2.76. The lowest BCUT2D eigenvalue weighted by Crippen LogP contribution is -1.88. The lowest BCUT2D eigenvalue weighted by molar-refractivity contribution is 0.412. The Hall–Kier alpha value is -1.35. The Kier molecular flexibility index (Phi) is 2.25. The van der Waals surface area contributed by atoms with Crippen molar-refractivity contribution in [3.05, 3.63) is 35.2 Å². The molecule has 14 heavy (non-hydrogen) atoms. The van der Waals surface area contributed by atoms with E-state index in [-0.39, 0.29) is 10.7 Å². The Morgan fingerprint density at radius 2 is 2.14 bits per heavy atom. The standard InChI is InChI=1S/C10H7ClFNO/c1-14-7-4-6-2-3-9(11)13-10(6)8(12)5-7/h2-5H,1H3. The molecule has 0 saturated heterocycles. The smallest absolute Gasteiger partial charge is 0.153 e. The van der Waals surface area contributed by atoms with E-state index in [9.17, 15) is 4.39 Å². The summed E-state index contributed by atoms with van der Waals surface area (Å²) in [4.78, 5) is 3.89. The second kappa shape index (κ2) is 3.42. The fourth-order valence-electron chi connectivity index (χ4n) is 1.26. The Morgan fingerprint density at radius 1 is 1.36 bits per heavy atom. The summed E-state index contributed by atoms with van der Waals surface area (Å²) in [6.45, 7) is 0. The van der Waals surface area contributed by atoms with Crippen LogP contribution in [0.15, 0.2) is 24.3 Å². The minimum absolute atomic E-state index is 0.262. The molecular formula is C10H7ClFNO. The fraction of sp³-hybridized carbons (Fsp3) is 0.100. The van der Waals surface area contributed by atoms with Gasteiger partial charge in [-0.15, -0.1) is 0 Å². The highest BCUT2D eigenvalue weighted by atomic mass is 35.5. The molecule has 2 nitrogen and oxygen atoms in total. The van der Waals surface area contributed by atoms with Crippen LogP contribution < -0.4 is 4.74 Å². The first-order valence-electron chi connectivity index (χ1n) is 4.00. The van der Waals surface area contributed by atoms with E-state index in [0.29, 0.717) is 11.1 Å².